The fourth-order valence-corrected chi connectivity index (χ4v) is 7.11. The Morgan fingerprint density at radius 2 is 1.24 bits per heavy atom. The van der Waals surface area contributed by atoms with Crippen LogP contribution in [0.15, 0.2) is 84.9 Å². The Labute approximate surface area is 263 Å². The van der Waals surface area contributed by atoms with Gasteiger partial charge in [0.25, 0.3) is 11.8 Å². The zero-order valence-electron chi connectivity index (χ0n) is 24.5. The van der Waals surface area contributed by atoms with Crippen LogP contribution in [0.2, 0.25) is 0 Å². The Morgan fingerprint density at radius 3 is 1.91 bits per heavy atom. The lowest BCUT2D eigenvalue weighted by Crippen LogP contribution is -2.46. The van der Waals surface area contributed by atoms with Crippen LogP contribution in [0.4, 0.5) is 9.59 Å². The first-order valence-corrected chi connectivity index (χ1v) is 15.5. The van der Waals surface area contributed by atoms with Crippen molar-refractivity contribution in [3.63, 3.8) is 0 Å². The second-order valence-electron chi connectivity index (χ2n) is 12.5. The monoisotopic (exact) mass is 612 g/mol. The number of fused-ring (bicyclic) bond motifs is 9. The van der Waals surface area contributed by atoms with Crippen molar-refractivity contribution in [2.75, 3.05) is 0 Å². The number of rotatable bonds is 3. The summed E-state index contributed by atoms with van der Waals surface area (Å²) in [6.07, 6.45) is 4.75. The number of urea groups is 2. The molecule has 4 aromatic carbocycles. The van der Waals surface area contributed by atoms with Crippen molar-refractivity contribution >= 4 is 23.9 Å². The van der Waals surface area contributed by atoms with Crippen LogP contribution in [0.5, 0.6) is 17.2 Å². The molecule has 6 aliphatic rings. The number of carbonyl (C=O) groups excluding carboxylic acids is 4. The number of nitrogens with one attached hydrogen (secondary N) is 4. The van der Waals surface area contributed by atoms with Gasteiger partial charge in [0.1, 0.15) is 17.2 Å². The van der Waals surface area contributed by atoms with Crippen molar-refractivity contribution in [1.82, 2.24) is 21.3 Å². The predicted octanol–water partition coefficient (Wildman–Crippen LogP) is 5.04. The Kier molecular flexibility index (Phi) is 5.48. The van der Waals surface area contributed by atoms with E-state index < -0.39 is 23.1 Å². The van der Waals surface area contributed by atoms with Crippen molar-refractivity contribution in [3.8, 4) is 28.4 Å². The fourth-order valence-electron chi connectivity index (χ4n) is 7.11. The van der Waals surface area contributed by atoms with E-state index in [1.807, 2.05) is 84.9 Å². The summed E-state index contributed by atoms with van der Waals surface area (Å²) >= 11 is 0. The summed E-state index contributed by atoms with van der Waals surface area (Å²) in [5.74, 6) is 1.81. The summed E-state index contributed by atoms with van der Waals surface area (Å²) in [6, 6.07) is 25.8. The van der Waals surface area contributed by atoms with E-state index in [2.05, 4.69) is 21.3 Å². The largest absolute Gasteiger partial charge is 0.490 e. The first kappa shape index (κ1) is 26.7. The molecule has 4 aromatic rings. The average molecular weight is 613 g/mol. The lowest BCUT2D eigenvalue weighted by Gasteiger charge is -2.34. The highest BCUT2D eigenvalue weighted by molar-refractivity contribution is 6.13. The van der Waals surface area contributed by atoms with Crippen LogP contribution in [-0.2, 0) is 20.7 Å². The van der Waals surface area contributed by atoms with E-state index >= 15 is 0 Å². The minimum atomic E-state index is -1.20. The van der Waals surface area contributed by atoms with Gasteiger partial charge >= 0.3 is 12.1 Å². The van der Waals surface area contributed by atoms with Crippen LogP contribution in [-0.4, -0.2) is 30.0 Å². The molecule has 4 fully saturated rings. The van der Waals surface area contributed by atoms with Gasteiger partial charge in [-0.05, 0) is 84.2 Å². The van der Waals surface area contributed by atoms with E-state index in [1.54, 1.807) is 0 Å². The molecule has 228 valence electrons. The molecule has 0 radical (unpaired) electrons. The molecular formula is C36H28N4O6. The quantitative estimate of drug-likeness (QED) is 0.240. The van der Waals surface area contributed by atoms with Gasteiger partial charge in [-0.25, -0.2) is 9.59 Å². The molecule has 10 nitrogen and oxygen atoms in total. The Morgan fingerprint density at radius 1 is 0.609 bits per heavy atom. The molecule has 10 rings (SSSR count). The van der Waals surface area contributed by atoms with Gasteiger partial charge in [0.05, 0.1) is 6.10 Å². The number of amides is 6. The Hall–Kier alpha value is -5.64. The number of imide groups is 2. The van der Waals surface area contributed by atoms with Gasteiger partial charge in [0.2, 0.25) is 0 Å². The van der Waals surface area contributed by atoms with Crippen LogP contribution in [0.25, 0.3) is 11.1 Å². The molecule has 3 aliphatic carbocycles. The number of ether oxygens (including phenoxy) is 2. The van der Waals surface area contributed by atoms with Gasteiger partial charge < -0.3 is 20.1 Å². The summed E-state index contributed by atoms with van der Waals surface area (Å²) in [7, 11) is 0. The first-order chi connectivity index (χ1) is 22.4. The van der Waals surface area contributed by atoms with Crippen LogP contribution in [0.3, 0.4) is 0 Å². The maximum absolute atomic E-state index is 12.7. The van der Waals surface area contributed by atoms with E-state index in [1.165, 1.54) is 18.4 Å². The van der Waals surface area contributed by atoms with E-state index in [4.69, 9.17) is 9.47 Å². The molecule has 2 saturated carbocycles. The summed E-state index contributed by atoms with van der Waals surface area (Å²) in [5, 5.41) is 10.4. The van der Waals surface area contributed by atoms with Gasteiger partial charge in [-0.2, -0.15) is 0 Å². The second-order valence-corrected chi connectivity index (χ2v) is 12.5. The lowest BCUT2D eigenvalue weighted by atomic mass is 9.79. The van der Waals surface area contributed by atoms with Crippen molar-refractivity contribution in [2.24, 2.45) is 0 Å². The van der Waals surface area contributed by atoms with Crippen molar-refractivity contribution in [1.29, 1.82) is 0 Å². The van der Waals surface area contributed by atoms with E-state index in [9.17, 15) is 19.2 Å². The predicted molar refractivity (Wildman–Crippen MR) is 165 cm³/mol. The van der Waals surface area contributed by atoms with Crippen molar-refractivity contribution in [3.05, 3.63) is 113 Å². The maximum Gasteiger partial charge on any atom is 0.322 e. The third kappa shape index (κ3) is 3.82. The third-order valence-corrected chi connectivity index (χ3v) is 9.55. The van der Waals surface area contributed by atoms with Crippen molar-refractivity contribution in [2.45, 2.75) is 48.8 Å². The first-order valence-electron chi connectivity index (χ1n) is 15.5. The van der Waals surface area contributed by atoms with Crippen LogP contribution in [0.1, 0.15) is 59.4 Å². The number of hydrogen-bond donors (Lipinski definition) is 4. The lowest BCUT2D eigenvalue weighted by molar-refractivity contribution is -0.123. The topological polar surface area (TPSA) is 135 Å². The molecule has 0 aromatic heterocycles. The molecule has 2 atom stereocenters. The van der Waals surface area contributed by atoms with Crippen LogP contribution in [0, 0.1) is 0 Å². The molecule has 6 amide bonds. The molecule has 0 bridgehead atoms. The Balaban J connectivity index is 0.000000127. The van der Waals surface area contributed by atoms with Gasteiger partial charge in [0, 0.05) is 16.7 Å². The van der Waals surface area contributed by atoms with E-state index in [0.29, 0.717) is 28.5 Å². The molecule has 3 heterocycles. The molecule has 2 spiro atoms. The van der Waals surface area contributed by atoms with Gasteiger partial charge in [-0.1, -0.05) is 54.6 Å². The zero-order valence-corrected chi connectivity index (χ0v) is 24.5. The summed E-state index contributed by atoms with van der Waals surface area (Å²) in [5.41, 5.74) is 3.74. The normalized spacial score (nSPS) is 24.3. The van der Waals surface area contributed by atoms with Crippen molar-refractivity contribution < 1.29 is 28.7 Å². The smallest absolute Gasteiger partial charge is 0.322 e. The number of benzene rings is 4. The highest BCUT2D eigenvalue weighted by Gasteiger charge is 2.56. The van der Waals surface area contributed by atoms with Gasteiger partial charge in [-0.15, -0.1) is 0 Å². The highest BCUT2D eigenvalue weighted by Crippen LogP contribution is 2.51. The molecule has 10 heteroatoms. The highest BCUT2D eigenvalue weighted by atomic mass is 16.5. The molecule has 2 saturated heterocycles. The van der Waals surface area contributed by atoms with Gasteiger partial charge in [0.15, 0.2) is 11.1 Å². The van der Waals surface area contributed by atoms with E-state index in [-0.39, 0.29) is 17.9 Å². The van der Waals surface area contributed by atoms with Crippen LogP contribution >= 0.6 is 0 Å². The van der Waals surface area contributed by atoms with Gasteiger partial charge in [-0.3, -0.25) is 20.2 Å². The fraction of sp³-hybridized carbons (Fsp3) is 0.222. The average Bonchev–Trinajstić information content (AvgIpc) is 3.99. The summed E-state index contributed by atoms with van der Waals surface area (Å²) in [4.78, 5) is 49.1. The molecular weight excluding hydrogens is 584 g/mol. The molecule has 3 aliphatic heterocycles. The van der Waals surface area contributed by atoms with E-state index in [0.717, 1.165) is 40.8 Å². The molecule has 46 heavy (non-hydrogen) atoms. The SMILES string of the molecule is O=C1NC(=O)C2(N1)c1ccccc1-c1ccc(OC3CC3)cc12.O=C1NC(=O)C2(N1)c1ccccc1Oc1ccc(C3CC3)cc12. The number of para-hydroxylation sites is 1. The summed E-state index contributed by atoms with van der Waals surface area (Å²) < 4.78 is 11.8. The minimum Gasteiger partial charge on any atom is -0.490 e. The number of hydrogen-bond acceptors (Lipinski definition) is 6. The third-order valence-electron chi connectivity index (χ3n) is 9.55. The molecule has 4 N–H and O–H groups in total. The second kappa shape index (κ2) is 9.43. The maximum atomic E-state index is 12.7. The summed E-state index contributed by atoms with van der Waals surface area (Å²) in [6.45, 7) is 0. The minimum absolute atomic E-state index is 0.278. The molecule has 2 unspecified atom stereocenters. The number of carbonyl (C=O) groups is 4. The Bertz CT molecular complexity index is 2030. The zero-order chi connectivity index (χ0) is 31.2. The standard InChI is InChI=1S/2C18H14N2O3/c21-16-18(20-17(22)19-16)14-4-2-1-3-12(14)13-8-7-11(9-15(13)18)23-10-5-6-10;21-16-18(20-17(22)19-16)12-3-1-2-4-14(12)23-15-8-7-11(9-13(15)18)10-5-6-10/h2*1-4,7-10H,5-6H2,(H2,19,20,21,22). The van der Waals surface area contributed by atoms with Crippen LogP contribution < -0.4 is 30.7 Å².